The van der Waals surface area contributed by atoms with Crippen LogP contribution in [0.2, 0.25) is 0 Å². The van der Waals surface area contributed by atoms with Crippen LogP contribution in [0.3, 0.4) is 0 Å². The molecule has 0 spiro atoms. The van der Waals surface area contributed by atoms with E-state index < -0.39 is 16.7 Å². The van der Waals surface area contributed by atoms with Gasteiger partial charge in [-0.3, -0.25) is 14.2 Å². The normalized spacial score (nSPS) is 13.9. The average molecular weight is 269 g/mol. The highest BCUT2D eigenvalue weighted by atomic mass is 32.2. The van der Waals surface area contributed by atoms with Gasteiger partial charge in [0.2, 0.25) is 5.91 Å². The molecule has 0 fully saturated rings. The zero-order valence-electron chi connectivity index (χ0n) is 10.5. The molecule has 1 rings (SSSR count). The Balaban J connectivity index is 2.75. The van der Waals surface area contributed by atoms with E-state index in [-0.39, 0.29) is 11.7 Å². The number of carbonyl (C=O) groups is 1. The molecule has 100 valence electrons. The number of benzene rings is 1. The van der Waals surface area contributed by atoms with Crippen LogP contribution in [0.4, 0.5) is 0 Å². The van der Waals surface area contributed by atoms with E-state index in [1.54, 1.807) is 17.6 Å². The van der Waals surface area contributed by atoms with Gasteiger partial charge < -0.3 is 0 Å². The first-order valence-corrected chi connectivity index (χ1v) is 7.29. The number of carbonyl (C=O) groups excluding carboxylic acids is 1. The Morgan fingerprint density at radius 2 is 2.06 bits per heavy atom. The summed E-state index contributed by atoms with van der Waals surface area (Å²) in [5, 5.41) is 8.31. The first-order valence-electron chi connectivity index (χ1n) is 6.07. The van der Waals surface area contributed by atoms with Crippen molar-refractivity contribution >= 4 is 16.7 Å². The predicted molar refractivity (Wildman–Crippen MR) is 70.7 cm³/mol. The third kappa shape index (κ3) is 4.58. The molecule has 0 unspecified atom stereocenters. The van der Waals surface area contributed by atoms with Gasteiger partial charge in [0.25, 0.3) is 0 Å². The molecule has 0 heterocycles. The minimum Gasteiger partial charge on any atom is -0.289 e. The van der Waals surface area contributed by atoms with Gasteiger partial charge in [-0.2, -0.15) is 0 Å². The molecule has 0 aliphatic carbocycles. The largest absolute Gasteiger partial charge is 0.289 e. The summed E-state index contributed by atoms with van der Waals surface area (Å²) in [6.07, 6.45) is 2.70. The molecule has 0 aliphatic heterocycles. The maximum absolute atomic E-state index is 12.4. The SMILES string of the molecule is CCCC[C@H](CC(=O)NO)[S@@](=O)c1ccccc1. The topological polar surface area (TPSA) is 66.4 Å². The van der Waals surface area contributed by atoms with Crippen LogP contribution >= 0.6 is 0 Å². The fraction of sp³-hybridized carbons (Fsp3) is 0.462. The van der Waals surface area contributed by atoms with Crippen molar-refractivity contribution in [3.8, 4) is 0 Å². The molecule has 2 N–H and O–H groups in total. The first-order chi connectivity index (χ1) is 8.69. The van der Waals surface area contributed by atoms with Gasteiger partial charge in [0, 0.05) is 16.6 Å². The minimum atomic E-state index is -1.22. The van der Waals surface area contributed by atoms with E-state index >= 15 is 0 Å². The number of rotatable bonds is 7. The maximum atomic E-state index is 12.4. The lowest BCUT2D eigenvalue weighted by Crippen LogP contribution is -2.27. The molecule has 5 heteroatoms. The van der Waals surface area contributed by atoms with Crippen LogP contribution in [0.25, 0.3) is 0 Å². The molecular weight excluding hydrogens is 250 g/mol. The van der Waals surface area contributed by atoms with Crippen molar-refractivity contribution in [3.63, 3.8) is 0 Å². The van der Waals surface area contributed by atoms with Crippen molar-refractivity contribution in [2.45, 2.75) is 42.8 Å². The Morgan fingerprint density at radius 1 is 1.39 bits per heavy atom. The van der Waals surface area contributed by atoms with E-state index in [1.807, 2.05) is 18.2 Å². The van der Waals surface area contributed by atoms with E-state index in [0.717, 1.165) is 17.7 Å². The Bertz CT molecular complexity index is 394. The fourth-order valence-electron chi connectivity index (χ4n) is 1.72. The zero-order chi connectivity index (χ0) is 13.4. The number of unbranched alkanes of at least 4 members (excludes halogenated alkanes) is 1. The van der Waals surface area contributed by atoms with Crippen molar-refractivity contribution in [1.29, 1.82) is 0 Å². The molecule has 0 saturated carbocycles. The number of hydrogen-bond acceptors (Lipinski definition) is 3. The second-order valence-corrected chi connectivity index (χ2v) is 5.85. The summed E-state index contributed by atoms with van der Waals surface area (Å²) in [5.74, 6) is -0.486. The van der Waals surface area contributed by atoms with Gasteiger partial charge in [0.05, 0.1) is 10.8 Å². The van der Waals surface area contributed by atoms with Gasteiger partial charge in [-0.1, -0.05) is 38.0 Å². The highest BCUT2D eigenvalue weighted by Crippen LogP contribution is 2.18. The predicted octanol–water partition coefficient (Wildman–Crippen LogP) is 2.25. The van der Waals surface area contributed by atoms with Gasteiger partial charge in [-0.25, -0.2) is 5.48 Å². The zero-order valence-corrected chi connectivity index (χ0v) is 11.3. The van der Waals surface area contributed by atoms with Gasteiger partial charge >= 0.3 is 0 Å². The van der Waals surface area contributed by atoms with Crippen molar-refractivity contribution in [2.24, 2.45) is 0 Å². The molecule has 0 radical (unpaired) electrons. The van der Waals surface area contributed by atoms with Gasteiger partial charge in [0.15, 0.2) is 0 Å². The Morgan fingerprint density at radius 3 is 2.61 bits per heavy atom. The second-order valence-electron chi connectivity index (χ2n) is 4.11. The lowest BCUT2D eigenvalue weighted by Gasteiger charge is -2.15. The molecule has 2 atom stereocenters. The van der Waals surface area contributed by atoms with Gasteiger partial charge in [-0.05, 0) is 18.6 Å². The van der Waals surface area contributed by atoms with Crippen molar-refractivity contribution in [2.75, 3.05) is 0 Å². The van der Waals surface area contributed by atoms with Crippen LogP contribution in [0.5, 0.6) is 0 Å². The van der Waals surface area contributed by atoms with Crippen molar-refractivity contribution in [3.05, 3.63) is 30.3 Å². The number of hydrogen-bond donors (Lipinski definition) is 2. The van der Waals surface area contributed by atoms with Crippen LogP contribution in [0, 0.1) is 0 Å². The first kappa shape index (κ1) is 14.9. The lowest BCUT2D eigenvalue weighted by molar-refractivity contribution is -0.129. The number of hydroxylamine groups is 1. The molecule has 0 aromatic heterocycles. The van der Waals surface area contributed by atoms with E-state index in [9.17, 15) is 9.00 Å². The summed E-state index contributed by atoms with van der Waals surface area (Å²) in [6.45, 7) is 2.05. The summed E-state index contributed by atoms with van der Waals surface area (Å²) in [5.41, 5.74) is 1.60. The molecule has 0 saturated heterocycles. The summed E-state index contributed by atoms with van der Waals surface area (Å²) in [6, 6.07) is 9.12. The van der Waals surface area contributed by atoms with Gasteiger partial charge in [-0.15, -0.1) is 0 Å². The monoisotopic (exact) mass is 269 g/mol. The molecule has 1 aromatic carbocycles. The summed E-state index contributed by atoms with van der Waals surface area (Å²) < 4.78 is 12.4. The van der Waals surface area contributed by atoms with E-state index in [4.69, 9.17) is 5.21 Å². The fourth-order valence-corrected chi connectivity index (χ4v) is 3.21. The summed E-state index contributed by atoms with van der Waals surface area (Å²) >= 11 is 0. The third-order valence-electron chi connectivity index (χ3n) is 2.70. The van der Waals surface area contributed by atoms with Crippen LogP contribution < -0.4 is 5.48 Å². The summed E-state index contributed by atoms with van der Waals surface area (Å²) in [7, 11) is -1.22. The minimum absolute atomic E-state index is 0.0814. The second kappa shape index (κ2) is 8.00. The van der Waals surface area contributed by atoms with E-state index in [0.29, 0.717) is 6.42 Å². The number of amides is 1. The Hall–Kier alpha value is -1.20. The highest BCUT2D eigenvalue weighted by molar-refractivity contribution is 7.85. The standard InChI is InChI=1S/C13H19NO3S/c1-2-3-7-12(10-13(15)14-16)18(17)11-8-5-4-6-9-11/h4-6,8-9,12,16H,2-3,7,10H2,1H3,(H,14,15)/t12-,18+/m1/s1. The highest BCUT2D eigenvalue weighted by Gasteiger charge is 2.21. The van der Waals surface area contributed by atoms with Crippen LogP contribution in [-0.4, -0.2) is 20.6 Å². The summed E-state index contributed by atoms with van der Waals surface area (Å²) in [4.78, 5) is 12.0. The van der Waals surface area contributed by atoms with Gasteiger partial charge in [0.1, 0.15) is 0 Å². The maximum Gasteiger partial charge on any atom is 0.244 e. The molecule has 18 heavy (non-hydrogen) atoms. The molecular formula is C13H19NO3S. The molecule has 1 amide bonds. The lowest BCUT2D eigenvalue weighted by atomic mass is 10.1. The van der Waals surface area contributed by atoms with Crippen LogP contribution in [0.1, 0.15) is 32.6 Å². The molecule has 1 aromatic rings. The van der Waals surface area contributed by atoms with Crippen LogP contribution in [-0.2, 0) is 15.6 Å². The smallest absolute Gasteiger partial charge is 0.244 e. The Kier molecular flexibility index (Phi) is 6.60. The number of nitrogens with one attached hydrogen (secondary N) is 1. The molecule has 0 bridgehead atoms. The van der Waals surface area contributed by atoms with Crippen LogP contribution in [0.15, 0.2) is 35.2 Å². The Labute approximate surface area is 110 Å². The third-order valence-corrected chi connectivity index (χ3v) is 4.44. The molecule has 4 nitrogen and oxygen atoms in total. The molecule has 0 aliphatic rings. The van der Waals surface area contributed by atoms with Crippen molar-refractivity contribution in [1.82, 2.24) is 5.48 Å². The van der Waals surface area contributed by atoms with E-state index in [2.05, 4.69) is 6.92 Å². The van der Waals surface area contributed by atoms with E-state index in [1.165, 1.54) is 0 Å². The quantitative estimate of drug-likeness (QED) is 0.589. The average Bonchev–Trinajstić information content (AvgIpc) is 2.43. The van der Waals surface area contributed by atoms with Crippen molar-refractivity contribution < 1.29 is 14.2 Å².